The summed E-state index contributed by atoms with van der Waals surface area (Å²) >= 11 is 1.61. The molecule has 0 fully saturated rings. The van der Waals surface area contributed by atoms with Crippen molar-refractivity contribution in [1.82, 2.24) is 14.6 Å². The van der Waals surface area contributed by atoms with Crippen molar-refractivity contribution in [2.45, 2.75) is 0 Å². The molecule has 0 radical (unpaired) electrons. The quantitative estimate of drug-likeness (QED) is 0.576. The summed E-state index contributed by atoms with van der Waals surface area (Å²) in [5.41, 5.74) is 2.29. The zero-order valence-corrected chi connectivity index (χ0v) is 10.6. The van der Waals surface area contributed by atoms with Gasteiger partial charge in [0.15, 0.2) is 0 Å². The van der Waals surface area contributed by atoms with Crippen molar-refractivity contribution in [3.63, 3.8) is 0 Å². The Labute approximate surface area is 111 Å². The molecule has 5 heteroatoms. The van der Waals surface area contributed by atoms with Crippen molar-refractivity contribution >= 4 is 27.8 Å². The third kappa shape index (κ3) is 1.52. The minimum atomic E-state index is -0.212. The molecule has 0 aliphatic heterocycles. The lowest BCUT2D eigenvalue weighted by molar-refractivity contribution is 0.886. The molecule has 0 amide bonds. The molecule has 92 valence electrons. The van der Waals surface area contributed by atoms with Gasteiger partial charge in [-0.3, -0.25) is 0 Å². The summed E-state index contributed by atoms with van der Waals surface area (Å²) in [5.74, 6) is 0. The maximum atomic E-state index is 12.0. The van der Waals surface area contributed by atoms with E-state index < -0.39 is 0 Å². The van der Waals surface area contributed by atoms with Gasteiger partial charge in [0, 0.05) is 5.39 Å². The fourth-order valence-corrected chi connectivity index (χ4v) is 2.94. The standard InChI is InChI=1S/C14H9N3OS/c18-14-15-10-5-2-1-4-9(10)12-8-11(16-17(12)14)13-6-3-7-19-13/h1-8H,(H,15,18). The highest BCUT2D eigenvalue weighted by Crippen LogP contribution is 2.26. The van der Waals surface area contributed by atoms with Gasteiger partial charge in [0.2, 0.25) is 0 Å². The number of para-hydroxylation sites is 1. The summed E-state index contributed by atoms with van der Waals surface area (Å²) < 4.78 is 1.43. The van der Waals surface area contributed by atoms with Crippen LogP contribution in [0, 0.1) is 0 Å². The summed E-state index contributed by atoms with van der Waals surface area (Å²) in [7, 11) is 0. The van der Waals surface area contributed by atoms with Crippen LogP contribution in [-0.2, 0) is 0 Å². The minimum absolute atomic E-state index is 0.212. The minimum Gasteiger partial charge on any atom is -0.305 e. The van der Waals surface area contributed by atoms with E-state index in [1.54, 1.807) is 11.3 Å². The Kier molecular flexibility index (Phi) is 2.10. The number of fused-ring (bicyclic) bond motifs is 3. The maximum Gasteiger partial charge on any atom is 0.347 e. The largest absolute Gasteiger partial charge is 0.347 e. The molecule has 0 saturated carbocycles. The van der Waals surface area contributed by atoms with E-state index in [0.29, 0.717) is 0 Å². The summed E-state index contributed by atoms with van der Waals surface area (Å²) in [6.07, 6.45) is 0. The first-order valence-corrected chi connectivity index (χ1v) is 6.75. The van der Waals surface area contributed by atoms with Gasteiger partial charge in [-0.1, -0.05) is 24.3 Å². The molecule has 0 aliphatic carbocycles. The number of thiophene rings is 1. The van der Waals surface area contributed by atoms with E-state index in [0.717, 1.165) is 27.0 Å². The second-order valence-electron chi connectivity index (χ2n) is 4.28. The van der Waals surface area contributed by atoms with Crippen molar-refractivity contribution < 1.29 is 0 Å². The molecule has 0 spiro atoms. The third-order valence-electron chi connectivity index (χ3n) is 3.12. The molecule has 3 heterocycles. The summed E-state index contributed by atoms with van der Waals surface area (Å²) in [6, 6.07) is 13.7. The van der Waals surface area contributed by atoms with E-state index in [-0.39, 0.29) is 5.69 Å². The predicted octanol–water partition coefficient (Wildman–Crippen LogP) is 2.90. The fraction of sp³-hybridized carbons (Fsp3) is 0. The molecular weight excluding hydrogens is 258 g/mol. The van der Waals surface area contributed by atoms with Crippen LogP contribution in [0.4, 0.5) is 0 Å². The average molecular weight is 267 g/mol. The Bertz CT molecular complexity index is 934. The van der Waals surface area contributed by atoms with Crippen molar-refractivity contribution in [3.8, 4) is 10.6 Å². The Hall–Kier alpha value is -2.40. The van der Waals surface area contributed by atoms with Gasteiger partial charge in [-0.05, 0) is 23.6 Å². The van der Waals surface area contributed by atoms with Crippen LogP contribution in [0.25, 0.3) is 27.0 Å². The van der Waals surface area contributed by atoms with E-state index >= 15 is 0 Å². The van der Waals surface area contributed by atoms with E-state index in [1.807, 2.05) is 47.8 Å². The zero-order chi connectivity index (χ0) is 12.8. The van der Waals surface area contributed by atoms with Crippen LogP contribution in [0.15, 0.2) is 52.6 Å². The Morgan fingerprint density at radius 3 is 2.89 bits per heavy atom. The van der Waals surface area contributed by atoms with Crippen LogP contribution < -0.4 is 5.69 Å². The molecule has 0 saturated heterocycles. The van der Waals surface area contributed by atoms with Gasteiger partial charge in [-0.15, -0.1) is 11.3 Å². The Balaban J connectivity index is 2.16. The molecule has 19 heavy (non-hydrogen) atoms. The molecule has 0 atom stereocenters. The number of aromatic nitrogens is 3. The molecule has 4 rings (SSSR count). The second-order valence-corrected chi connectivity index (χ2v) is 5.23. The van der Waals surface area contributed by atoms with Crippen LogP contribution in [0.3, 0.4) is 0 Å². The maximum absolute atomic E-state index is 12.0. The number of hydrogen-bond acceptors (Lipinski definition) is 3. The highest BCUT2D eigenvalue weighted by molar-refractivity contribution is 7.13. The number of nitrogens with zero attached hydrogens (tertiary/aromatic N) is 2. The lowest BCUT2D eigenvalue weighted by Crippen LogP contribution is -2.17. The van der Waals surface area contributed by atoms with Crippen LogP contribution in [0.5, 0.6) is 0 Å². The highest BCUT2D eigenvalue weighted by atomic mass is 32.1. The van der Waals surface area contributed by atoms with Crippen molar-refractivity contribution in [2.75, 3.05) is 0 Å². The first-order valence-electron chi connectivity index (χ1n) is 5.87. The lowest BCUT2D eigenvalue weighted by atomic mass is 10.2. The van der Waals surface area contributed by atoms with Gasteiger partial charge < -0.3 is 4.98 Å². The molecule has 1 aromatic carbocycles. The summed E-state index contributed by atoms with van der Waals surface area (Å²) in [4.78, 5) is 15.9. The summed E-state index contributed by atoms with van der Waals surface area (Å²) in [6.45, 7) is 0. The molecule has 0 aliphatic rings. The van der Waals surface area contributed by atoms with Crippen LogP contribution in [-0.4, -0.2) is 14.6 Å². The van der Waals surface area contributed by atoms with Gasteiger partial charge in [0.1, 0.15) is 5.69 Å². The molecular formula is C14H9N3OS. The SMILES string of the molecule is O=c1[nH]c2ccccc2c2cc(-c3cccs3)nn12. The van der Waals surface area contributed by atoms with E-state index in [9.17, 15) is 4.79 Å². The normalized spacial score (nSPS) is 11.4. The first kappa shape index (κ1) is 10.5. The molecule has 0 unspecified atom stereocenters. The van der Waals surface area contributed by atoms with E-state index in [4.69, 9.17) is 0 Å². The topological polar surface area (TPSA) is 50.2 Å². The van der Waals surface area contributed by atoms with E-state index in [1.165, 1.54) is 4.52 Å². The number of benzene rings is 1. The van der Waals surface area contributed by atoms with Gasteiger partial charge in [-0.2, -0.15) is 9.61 Å². The van der Waals surface area contributed by atoms with Crippen LogP contribution in [0.1, 0.15) is 0 Å². The zero-order valence-electron chi connectivity index (χ0n) is 9.83. The van der Waals surface area contributed by atoms with Crippen molar-refractivity contribution in [3.05, 3.63) is 58.3 Å². The Morgan fingerprint density at radius 2 is 2.05 bits per heavy atom. The lowest BCUT2D eigenvalue weighted by Gasteiger charge is -1.98. The summed E-state index contributed by atoms with van der Waals surface area (Å²) in [5, 5.41) is 7.39. The monoisotopic (exact) mass is 267 g/mol. The number of H-pyrrole nitrogens is 1. The molecule has 0 bridgehead atoms. The predicted molar refractivity (Wildman–Crippen MR) is 76.6 cm³/mol. The number of hydrogen-bond donors (Lipinski definition) is 1. The van der Waals surface area contributed by atoms with Crippen molar-refractivity contribution in [1.29, 1.82) is 0 Å². The number of aromatic amines is 1. The molecule has 4 nitrogen and oxygen atoms in total. The smallest absolute Gasteiger partial charge is 0.305 e. The van der Waals surface area contributed by atoms with Crippen LogP contribution in [0.2, 0.25) is 0 Å². The third-order valence-corrected chi connectivity index (χ3v) is 4.01. The number of rotatable bonds is 1. The number of nitrogens with one attached hydrogen (secondary N) is 1. The van der Waals surface area contributed by atoms with Gasteiger partial charge >= 0.3 is 5.69 Å². The van der Waals surface area contributed by atoms with Crippen molar-refractivity contribution in [2.24, 2.45) is 0 Å². The highest BCUT2D eigenvalue weighted by Gasteiger charge is 2.10. The fourth-order valence-electron chi connectivity index (χ4n) is 2.26. The molecule has 4 aromatic rings. The molecule has 1 N–H and O–H groups in total. The van der Waals surface area contributed by atoms with E-state index in [2.05, 4.69) is 10.1 Å². The second kappa shape index (κ2) is 3.80. The van der Waals surface area contributed by atoms with Gasteiger partial charge in [-0.25, -0.2) is 4.79 Å². The van der Waals surface area contributed by atoms with Gasteiger partial charge in [0.25, 0.3) is 0 Å². The first-order chi connectivity index (χ1) is 9.33. The Morgan fingerprint density at radius 1 is 1.16 bits per heavy atom. The average Bonchev–Trinajstić information content (AvgIpc) is 3.08. The molecule has 3 aromatic heterocycles. The van der Waals surface area contributed by atoms with Crippen LogP contribution >= 0.6 is 11.3 Å². The van der Waals surface area contributed by atoms with Gasteiger partial charge in [0.05, 0.1) is 15.9 Å².